The molecule has 0 aromatic heterocycles. The van der Waals surface area contributed by atoms with Crippen molar-refractivity contribution in [3.63, 3.8) is 0 Å². The van der Waals surface area contributed by atoms with Crippen LogP contribution in [0.1, 0.15) is 24.4 Å². The van der Waals surface area contributed by atoms with Gasteiger partial charge in [-0.3, -0.25) is 4.90 Å². The molecular weight excluding hydrogens is 260 g/mol. The summed E-state index contributed by atoms with van der Waals surface area (Å²) in [5, 5.41) is 9.00. The molecule has 0 aliphatic carbocycles. The molecule has 1 aliphatic rings. The van der Waals surface area contributed by atoms with E-state index in [1.54, 1.807) is 0 Å². The van der Waals surface area contributed by atoms with E-state index in [-0.39, 0.29) is 23.6 Å². The molecule has 1 heterocycles. The van der Waals surface area contributed by atoms with Gasteiger partial charge in [-0.15, -0.1) is 0 Å². The largest absolute Gasteiger partial charge is 0.294 e. The van der Waals surface area contributed by atoms with Crippen molar-refractivity contribution in [1.82, 2.24) is 4.90 Å². The second-order valence-electron chi connectivity index (χ2n) is 5.01. The zero-order valence-electron chi connectivity index (χ0n) is 11.0. The number of rotatable bonds is 4. The lowest BCUT2D eigenvalue weighted by Gasteiger charge is -2.31. The van der Waals surface area contributed by atoms with Crippen LogP contribution >= 0.6 is 0 Å². The van der Waals surface area contributed by atoms with E-state index in [2.05, 4.69) is 6.07 Å². The maximum Gasteiger partial charge on any atom is 0.151 e. The van der Waals surface area contributed by atoms with Crippen LogP contribution in [0, 0.1) is 11.3 Å². The van der Waals surface area contributed by atoms with Gasteiger partial charge in [-0.1, -0.05) is 30.3 Å². The molecule has 0 spiro atoms. The fourth-order valence-electron chi connectivity index (χ4n) is 2.61. The molecule has 1 aromatic rings. The van der Waals surface area contributed by atoms with Gasteiger partial charge in [-0.25, -0.2) is 8.42 Å². The third-order valence-electron chi connectivity index (χ3n) is 3.74. The van der Waals surface area contributed by atoms with Crippen molar-refractivity contribution in [2.75, 3.05) is 18.6 Å². The Kier molecular flexibility index (Phi) is 4.23. The SMILES string of the molecule is CN(C1CCS(=O)(=O)C1)C(CC#N)c1ccccc1. The molecule has 1 saturated heterocycles. The Hall–Kier alpha value is -1.38. The minimum Gasteiger partial charge on any atom is -0.294 e. The third kappa shape index (κ3) is 3.34. The average molecular weight is 278 g/mol. The van der Waals surface area contributed by atoms with Gasteiger partial charge in [0.2, 0.25) is 0 Å². The number of hydrogen-bond acceptors (Lipinski definition) is 4. The van der Waals surface area contributed by atoms with Gasteiger partial charge < -0.3 is 0 Å². The number of nitriles is 1. The Morgan fingerprint density at radius 3 is 2.63 bits per heavy atom. The number of hydrogen-bond donors (Lipinski definition) is 0. The molecule has 2 unspecified atom stereocenters. The smallest absolute Gasteiger partial charge is 0.151 e. The maximum atomic E-state index is 11.6. The van der Waals surface area contributed by atoms with Crippen molar-refractivity contribution in [1.29, 1.82) is 5.26 Å². The second-order valence-corrected chi connectivity index (χ2v) is 7.24. The van der Waals surface area contributed by atoms with Gasteiger partial charge in [-0.05, 0) is 19.0 Å². The van der Waals surface area contributed by atoms with E-state index < -0.39 is 9.84 Å². The Morgan fingerprint density at radius 1 is 1.42 bits per heavy atom. The zero-order chi connectivity index (χ0) is 13.9. The lowest BCUT2D eigenvalue weighted by Crippen LogP contribution is -2.36. The molecule has 2 atom stereocenters. The van der Waals surface area contributed by atoms with Crippen LogP contribution in [0.15, 0.2) is 30.3 Å². The standard InChI is InChI=1S/C14H18N2O2S/c1-16(13-8-10-19(17,18)11-13)14(7-9-15)12-5-3-2-4-6-12/h2-6,13-14H,7-8,10-11H2,1H3. The molecular formula is C14H18N2O2S. The van der Waals surface area contributed by atoms with E-state index in [1.165, 1.54) is 0 Å². The quantitative estimate of drug-likeness (QED) is 0.842. The van der Waals surface area contributed by atoms with Gasteiger partial charge in [0.05, 0.1) is 24.0 Å². The van der Waals surface area contributed by atoms with Crippen LogP contribution in [0.3, 0.4) is 0 Å². The molecule has 1 aromatic carbocycles. The van der Waals surface area contributed by atoms with Gasteiger partial charge in [0.25, 0.3) is 0 Å². The molecule has 0 amide bonds. The molecule has 4 nitrogen and oxygen atoms in total. The maximum absolute atomic E-state index is 11.6. The van der Waals surface area contributed by atoms with Crippen LogP contribution in [0.5, 0.6) is 0 Å². The minimum absolute atomic E-state index is 0.0172. The molecule has 2 rings (SSSR count). The first kappa shape index (κ1) is 14.0. The van der Waals surface area contributed by atoms with Crippen molar-refractivity contribution in [2.45, 2.75) is 24.9 Å². The van der Waals surface area contributed by atoms with Crippen molar-refractivity contribution < 1.29 is 8.42 Å². The minimum atomic E-state index is -2.90. The summed E-state index contributed by atoms with van der Waals surface area (Å²) in [6, 6.07) is 12.0. The van der Waals surface area contributed by atoms with Gasteiger partial charge in [0, 0.05) is 12.1 Å². The summed E-state index contributed by atoms with van der Waals surface area (Å²) in [6.07, 6.45) is 1.03. The van der Waals surface area contributed by atoms with Gasteiger partial charge in [0.15, 0.2) is 9.84 Å². The lowest BCUT2D eigenvalue weighted by atomic mass is 10.0. The van der Waals surface area contributed by atoms with Crippen molar-refractivity contribution >= 4 is 9.84 Å². The number of nitrogens with zero attached hydrogens (tertiary/aromatic N) is 2. The predicted octanol–water partition coefficient (Wildman–Crippen LogP) is 1.76. The summed E-state index contributed by atoms with van der Waals surface area (Å²) < 4.78 is 23.1. The van der Waals surface area contributed by atoms with Crippen LogP contribution in [-0.2, 0) is 9.84 Å². The van der Waals surface area contributed by atoms with Gasteiger partial charge in [0.1, 0.15) is 0 Å². The van der Waals surface area contributed by atoms with E-state index >= 15 is 0 Å². The molecule has 102 valence electrons. The Morgan fingerprint density at radius 2 is 2.11 bits per heavy atom. The summed E-state index contributed by atoms with van der Waals surface area (Å²) in [7, 11) is -0.979. The topological polar surface area (TPSA) is 61.2 Å². The number of sulfone groups is 1. The average Bonchev–Trinajstić information content (AvgIpc) is 2.77. The van der Waals surface area contributed by atoms with Crippen molar-refractivity contribution in [2.24, 2.45) is 0 Å². The fourth-order valence-corrected chi connectivity index (χ4v) is 4.40. The van der Waals surface area contributed by atoms with Crippen LogP contribution in [-0.4, -0.2) is 37.9 Å². The van der Waals surface area contributed by atoms with Gasteiger partial charge in [-0.2, -0.15) is 5.26 Å². The molecule has 1 fully saturated rings. The highest BCUT2D eigenvalue weighted by atomic mass is 32.2. The van der Waals surface area contributed by atoms with Gasteiger partial charge >= 0.3 is 0 Å². The summed E-state index contributed by atoms with van der Waals surface area (Å²) in [4.78, 5) is 2.04. The highest BCUT2D eigenvalue weighted by Crippen LogP contribution is 2.28. The van der Waals surface area contributed by atoms with Crippen LogP contribution in [0.25, 0.3) is 0 Å². The van der Waals surface area contributed by atoms with Crippen LogP contribution < -0.4 is 0 Å². The predicted molar refractivity (Wildman–Crippen MR) is 74.2 cm³/mol. The van der Waals surface area contributed by atoms with Crippen LogP contribution in [0.4, 0.5) is 0 Å². The normalized spacial score (nSPS) is 23.1. The fraction of sp³-hybridized carbons (Fsp3) is 0.500. The Labute approximate surface area is 114 Å². The third-order valence-corrected chi connectivity index (χ3v) is 5.50. The monoisotopic (exact) mass is 278 g/mol. The molecule has 19 heavy (non-hydrogen) atoms. The highest BCUT2D eigenvalue weighted by Gasteiger charge is 2.33. The molecule has 0 N–H and O–H groups in total. The first-order chi connectivity index (χ1) is 9.03. The summed E-state index contributed by atoms with van der Waals surface area (Å²) >= 11 is 0. The molecule has 0 radical (unpaired) electrons. The highest BCUT2D eigenvalue weighted by molar-refractivity contribution is 7.91. The van der Waals surface area contributed by atoms with E-state index in [4.69, 9.17) is 5.26 Å². The summed E-state index contributed by atoms with van der Waals surface area (Å²) in [5.74, 6) is 0.467. The number of benzene rings is 1. The van der Waals surface area contributed by atoms with E-state index in [0.29, 0.717) is 12.8 Å². The molecule has 0 saturated carbocycles. The Bertz CT molecular complexity index is 563. The molecule has 5 heteroatoms. The van der Waals surface area contributed by atoms with Crippen molar-refractivity contribution in [3.05, 3.63) is 35.9 Å². The van der Waals surface area contributed by atoms with Crippen LogP contribution in [0.2, 0.25) is 0 Å². The van der Waals surface area contributed by atoms with Crippen molar-refractivity contribution in [3.8, 4) is 6.07 Å². The first-order valence-corrected chi connectivity index (χ1v) is 8.20. The first-order valence-electron chi connectivity index (χ1n) is 6.38. The molecule has 1 aliphatic heterocycles. The molecule has 0 bridgehead atoms. The zero-order valence-corrected chi connectivity index (χ0v) is 11.8. The Balaban J connectivity index is 2.19. The lowest BCUT2D eigenvalue weighted by molar-refractivity contribution is 0.190. The summed E-state index contributed by atoms with van der Waals surface area (Å²) in [6.45, 7) is 0. The van der Waals surface area contributed by atoms with E-state index in [0.717, 1.165) is 5.56 Å². The summed E-state index contributed by atoms with van der Waals surface area (Å²) in [5.41, 5.74) is 1.07. The van der Waals surface area contributed by atoms with E-state index in [9.17, 15) is 8.42 Å². The second kappa shape index (κ2) is 5.72. The van der Waals surface area contributed by atoms with E-state index in [1.807, 2.05) is 42.3 Å².